The maximum absolute atomic E-state index is 5.37. The zero-order valence-electron chi connectivity index (χ0n) is 7.63. The van der Waals surface area contributed by atoms with Crippen LogP contribution < -0.4 is 0 Å². The third-order valence-electron chi connectivity index (χ3n) is 1.22. The molecule has 2 aromatic rings. The summed E-state index contributed by atoms with van der Waals surface area (Å²) in [6, 6.07) is 0. The molecule has 0 aromatic carbocycles. The van der Waals surface area contributed by atoms with E-state index in [1.54, 1.807) is 31.0 Å². The van der Waals surface area contributed by atoms with Gasteiger partial charge >= 0.3 is 0 Å². The molecule has 0 fully saturated rings. The van der Waals surface area contributed by atoms with Crippen molar-refractivity contribution < 1.29 is 0 Å². The van der Waals surface area contributed by atoms with Crippen molar-refractivity contribution in [2.24, 2.45) is 0 Å². The average molecular weight is 225 g/mol. The molecule has 80 valence electrons. The van der Waals surface area contributed by atoms with Crippen LogP contribution in [0.25, 0.3) is 0 Å². The number of aromatic nitrogens is 4. The van der Waals surface area contributed by atoms with Crippen LogP contribution in [0.5, 0.6) is 0 Å². The molecule has 0 atom stereocenters. The molecule has 2 aromatic heterocycles. The van der Waals surface area contributed by atoms with E-state index in [0.29, 0.717) is 5.15 Å². The van der Waals surface area contributed by atoms with Crippen LogP contribution in [-0.2, 0) is 0 Å². The summed E-state index contributed by atoms with van der Waals surface area (Å²) in [5.41, 5.74) is 0.961. The van der Waals surface area contributed by atoms with Crippen molar-refractivity contribution in [1.29, 1.82) is 0 Å². The number of halogens is 1. The van der Waals surface area contributed by atoms with Crippen molar-refractivity contribution in [2.45, 2.75) is 14.4 Å². The Hall–Kier alpha value is -1.55. The molecular formula is C10H13ClN4. The van der Waals surface area contributed by atoms with Crippen molar-refractivity contribution in [1.82, 2.24) is 19.9 Å². The fraction of sp³-hybridized carbons (Fsp3) is 0.200. The van der Waals surface area contributed by atoms with Gasteiger partial charge in [0.15, 0.2) is 0 Å². The van der Waals surface area contributed by atoms with Gasteiger partial charge in [0.25, 0.3) is 0 Å². The minimum atomic E-state index is 0. The average Bonchev–Trinajstić information content (AvgIpc) is 2.21. The molecule has 0 unspecified atom stereocenters. The first kappa shape index (κ1) is 13.4. The van der Waals surface area contributed by atoms with Gasteiger partial charge < -0.3 is 0 Å². The monoisotopic (exact) mass is 224 g/mol. The number of nitrogens with zero attached hydrogens (tertiary/aromatic N) is 4. The molecule has 0 aliphatic rings. The number of hydrogen-bond acceptors (Lipinski definition) is 4. The van der Waals surface area contributed by atoms with Gasteiger partial charge in [-0.15, -0.1) is 0 Å². The minimum absolute atomic E-state index is 0. The zero-order chi connectivity index (χ0) is 10.2. The molecule has 15 heavy (non-hydrogen) atoms. The maximum atomic E-state index is 5.37. The first-order valence-electron chi connectivity index (χ1n) is 3.93. The summed E-state index contributed by atoms with van der Waals surface area (Å²) in [5.74, 6) is 0. The van der Waals surface area contributed by atoms with Gasteiger partial charge in [0.2, 0.25) is 0 Å². The van der Waals surface area contributed by atoms with Crippen LogP contribution in [0.4, 0.5) is 0 Å². The molecular weight excluding hydrogens is 212 g/mol. The summed E-state index contributed by atoms with van der Waals surface area (Å²) in [7, 11) is 0. The Labute approximate surface area is 94.4 Å². The Kier molecular flexibility index (Phi) is 7.01. The Morgan fingerprint density at radius 1 is 0.933 bits per heavy atom. The third kappa shape index (κ3) is 6.51. The van der Waals surface area contributed by atoms with Crippen LogP contribution in [-0.4, -0.2) is 19.9 Å². The number of hydrogen-bond donors (Lipinski definition) is 0. The van der Waals surface area contributed by atoms with Crippen LogP contribution >= 0.6 is 11.6 Å². The van der Waals surface area contributed by atoms with E-state index >= 15 is 0 Å². The summed E-state index contributed by atoms with van der Waals surface area (Å²) in [4.78, 5) is 15.1. The van der Waals surface area contributed by atoms with Gasteiger partial charge in [-0.2, -0.15) is 0 Å². The van der Waals surface area contributed by atoms with Gasteiger partial charge in [0.05, 0.1) is 11.9 Å². The van der Waals surface area contributed by atoms with E-state index in [0.717, 1.165) is 5.69 Å². The lowest BCUT2D eigenvalue weighted by molar-refractivity contribution is 1.12. The summed E-state index contributed by atoms with van der Waals surface area (Å²) in [6.07, 6.45) is 9.66. The lowest BCUT2D eigenvalue weighted by Crippen LogP contribution is -1.77. The smallest absolute Gasteiger partial charge is 0.147 e. The van der Waals surface area contributed by atoms with E-state index < -0.39 is 0 Å². The Morgan fingerprint density at radius 3 is 1.73 bits per heavy atom. The van der Waals surface area contributed by atoms with Gasteiger partial charge in [-0.25, -0.2) is 4.98 Å². The Bertz CT molecular complexity index is 315. The molecule has 0 bridgehead atoms. The molecule has 0 spiro atoms. The highest BCUT2D eigenvalue weighted by molar-refractivity contribution is 6.29. The fourth-order valence-electron chi connectivity index (χ4n) is 0.655. The second-order valence-corrected chi connectivity index (χ2v) is 2.76. The van der Waals surface area contributed by atoms with Gasteiger partial charge in [0, 0.05) is 31.0 Å². The summed E-state index contributed by atoms with van der Waals surface area (Å²) in [6.45, 7) is 1.91. The standard InChI is InChI=1S/C5H6N2.C4H3ClN2.CH4/c1-5-4-6-2-3-7-5;5-4-3-6-1-2-7-4;/h2-4H,1H3;1-3H;1H4. The second kappa shape index (κ2) is 7.82. The van der Waals surface area contributed by atoms with Crippen LogP contribution in [0.3, 0.4) is 0 Å². The molecule has 4 nitrogen and oxygen atoms in total. The van der Waals surface area contributed by atoms with Gasteiger partial charge in [0.1, 0.15) is 5.15 Å². The van der Waals surface area contributed by atoms with Gasteiger partial charge in [-0.3, -0.25) is 15.0 Å². The van der Waals surface area contributed by atoms with Crippen molar-refractivity contribution >= 4 is 11.6 Å². The lowest BCUT2D eigenvalue weighted by Gasteiger charge is -1.81. The first-order chi connectivity index (χ1) is 6.79. The normalized spacial score (nSPS) is 8.13. The van der Waals surface area contributed by atoms with E-state index in [1.165, 1.54) is 6.20 Å². The Morgan fingerprint density at radius 2 is 1.53 bits per heavy atom. The molecule has 5 heteroatoms. The van der Waals surface area contributed by atoms with E-state index in [9.17, 15) is 0 Å². The number of aryl methyl sites for hydroxylation is 1. The van der Waals surface area contributed by atoms with E-state index in [1.807, 2.05) is 6.92 Å². The van der Waals surface area contributed by atoms with E-state index in [-0.39, 0.29) is 7.43 Å². The molecule has 0 radical (unpaired) electrons. The summed E-state index contributed by atoms with van der Waals surface area (Å²) in [5, 5.41) is 0.433. The molecule has 0 aliphatic heterocycles. The van der Waals surface area contributed by atoms with Crippen LogP contribution in [0.15, 0.2) is 37.2 Å². The van der Waals surface area contributed by atoms with Crippen LogP contribution in [0, 0.1) is 6.92 Å². The van der Waals surface area contributed by atoms with Crippen molar-refractivity contribution in [3.8, 4) is 0 Å². The van der Waals surface area contributed by atoms with Crippen molar-refractivity contribution in [3.63, 3.8) is 0 Å². The van der Waals surface area contributed by atoms with Crippen molar-refractivity contribution in [2.75, 3.05) is 0 Å². The highest BCUT2D eigenvalue weighted by Gasteiger charge is 1.77. The zero-order valence-corrected chi connectivity index (χ0v) is 8.39. The largest absolute Gasteiger partial charge is 0.261 e. The van der Waals surface area contributed by atoms with Crippen LogP contribution in [0.2, 0.25) is 5.15 Å². The van der Waals surface area contributed by atoms with Crippen LogP contribution in [0.1, 0.15) is 13.1 Å². The lowest BCUT2D eigenvalue weighted by atomic mass is 10.5. The molecule has 0 amide bonds. The molecule has 0 N–H and O–H groups in total. The first-order valence-corrected chi connectivity index (χ1v) is 4.31. The Balaban J connectivity index is 0.000000245. The summed E-state index contributed by atoms with van der Waals surface area (Å²) >= 11 is 5.37. The van der Waals surface area contributed by atoms with E-state index in [2.05, 4.69) is 19.9 Å². The molecule has 2 rings (SSSR count). The second-order valence-electron chi connectivity index (χ2n) is 2.37. The predicted octanol–water partition coefficient (Wildman–Crippen LogP) is 2.55. The topological polar surface area (TPSA) is 51.6 Å². The third-order valence-corrected chi connectivity index (χ3v) is 1.42. The van der Waals surface area contributed by atoms with Gasteiger partial charge in [-0.1, -0.05) is 19.0 Å². The highest BCUT2D eigenvalue weighted by atomic mass is 35.5. The predicted molar refractivity (Wildman–Crippen MR) is 60.5 cm³/mol. The SMILES string of the molecule is C.Cc1cnccn1.Clc1cnccn1. The maximum Gasteiger partial charge on any atom is 0.147 e. The quantitative estimate of drug-likeness (QED) is 0.690. The minimum Gasteiger partial charge on any atom is -0.261 e. The summed E-state index contributed by atoms with van der Waals surface area (Å²) < 4.78 is 0. The molecule has 0 aliphatic carbocycles. The van der Waals surface area contributed by atoms with Crippen molar-refractivity contribution in [3.05, 3.63) is 48.0 Å². The number of rotatable bonds is 0. The molecule has 2 heterocycles. The molecule has 0 saturated heterocycles. The van der Waals surface area contributed by atoms with Gasteiger partial charge in [-0.05, 0) is 6.92 Å². The molecule has 0 saturated carbocycles. The fourth-order valence-corrected chi connectivity index (χ4v) is 0.767. The highest BCUT2D eigenvalue weighted by Crippen LogP contribution is 1.95. The van der Waals surface area contributed by atoms with E-state index in [4.69, 9.17) is 11.6 Å².